The molecule has 1 unspecified atom stereocenters. The topological polar surface area (TPSA) is 43.0 Å². The van der Waals surface area contributed by atoms with Crippen molar-refractivity contribution >= 4 is 5.69 Å². The van der Waals surface area contributed by atoms with Crippen LogP contribution in [0.5, 0.6) is 5.75 Å². The van der Waals surface area contributed by atoms with E-state index in [9.17, 15) is 0 Å². The Hall–Kier alpha value is -1.30. The molecule has 0 aromatic heterocycles. The van der Waals surface area contributed by atoms with Gasteiger partial charge in [-0.05, 0) is 30.5 Å². The highest BCUT2D eigenvalue weighted by molar-refractivity contribution is 5.59. The van der Waals surface area contributed by atoms with E-state index in [0.717, 1.165) is 63.7 Å². The summed E-state index contributed by atoms with van der Waals surface area (Å²) in [6.45, 7) is 7.42. The van der Waals surface area contributed by atoms with E-state index in [0.29, 0.717) is 0 Å². The molecule has 23 heavy (non-hydrogen) atoms. The quantitative estimate of drug-likeness (QED) is 0.716. The number of ether oxygens (including phenoxy) is 3. The van der Waals surface area contributed by atoms with Gasteiger partial charge in [0.1, 0.15) is 11.9 Å². The van der Waals surface area contributed by atoms with E-state index in [1.54, 1.807) is 14.2 Å². The molecule has 0 saturated heterocycles. The fourth-order valence-electron chi connectivity index (χ4n) is 2.71. The zero-order valence-electron chi connectivity index (χ0n) is 14.6. The van der Waals surface area contributed by atoms with Crippen LogP contribution in [-0.2, 0) is 15.9 Å². The highest BCUT2D eigenvalue weighted by Crippen LogP contribution is 2.30. The highest BCUT2D eigenvalue weighted by Gasteiger charge is 2.17. The van der Waals surface area contributed by atoms with Gasteiger partial charge in [0.05, 0.1) is 25.4 Å². The third-order valence-corrected chi connectivity index (χ3v) is 4.25. The molecule has 1 aromatic rings. The van der Waals surface area contributed by atoms with Crippen LogP contribution < -0.4 is 10.1 Å². The molecule has 0 bridgehead atoms. The normalized spacial score (nSPS) is 16.8. The average Bonchev–Trinajstić information content (AvgIpc) is 2.60. The maximum Gasteiger partial charge on any atom is 0.142 e. The van der Waals surface area contributed by atoms with Crippen LogP contribution >= 0.6 is 0 Å². The van der Waals surface area contributed by atoms with Gasteiger partial charge < -0.3 is 19.5 Å². The molecule has 0 spiro atoms. The summed E-state index contributed by atoms with van der Waals surface area (Å²) in [5.41, 5.74) is 2.45. The van der Waals surface area contributed by atoms with E-state index >= 15 is 0 Å². The van der Waals surface area contributed by atoms with Crippen molar-refractivity contribution < 1.29 is 14.2 Å². The minimum absolute atomic E-state index is 0.284. The van der Waals surface area contributed by atoms with Crippen molar-refractivity contribution in [2.45, 2.75) is 25.9 Å². The van der Waals surface area contributed by atoms with Crippen LogP contribution in [0, 0.1) is 0 Å². The molecule has 5 heteroatoms. The van der Waals surface area contributed by atoms with Gasteiger partial charge in [0.15, 0.2) is 0 Å². The molecule has 0 fully saturated rings. The number of nitrogens with one attached hydrogen (secondary N) is 1. The van der Waals surface area contributed by atoms with Gasteiger partial charge in [-0.3, -0.25) is 4.90 Å². The molecule has 0 saturated carbocycles. The van der Waals surface area contributed by atoms with Crippen LogP contribution in [0.3, 0.4) is 0 Å². The van der Waals surface area contributed by atoms with Gasteiger partial charge in [-0.1, -0.05) is 13.0 Å². The number of benzene rings is 1. The Bertz CT molecular complexity index is 460. The number of anilines is 1. The fourth-order valence-corrected chi connectivity index (χ4v) is 2.71. The summed E-state index contributed by atoms with van der Waals surface area (Å²) in [5.74, 6) is 0.975. The summed E-state index contributed by atoms with van der Waals surface area (Å²) >= 11 is 0. The van der Waals surface area contributed by atoms with E-state index in [-0.39, 0.29) is 6.10 Å². The van der Waals surface area contributed by atoms with Crippen molar-refractivity contribution in [2.75, 3.05) is 58.9 Å². The molecule has 0 aliphatic carbocycles. The molecule has 0 amide bonds. The molecule has 1 atom stereocenters. The Morgan fingerprint density at radius 1 is 1.17 bits per heavy atom. The second kappa shape index (κ2) is 9.75. The van der Waals surface area contributed by atoms with Crippen LogP contribution in [0.1, 0.15) is 18.9 Å². The lowest BCUT2D eigenvalue weighted by atomic mass is 10.1. The lowest BCUT2D eigenvalue weighted by Crippen LogP contribution is -2.32. The minimum atomic E-state index is 0.284. The van der Waals surface area contributed by atoms with Crippen molar-refractivity contribution in [3.63, 3.8) is 0 Å². The predicted molar refractivity (Wildman–Crippen MR) is 93.5 cm³/mol. The minimum Gasteiger partial charge on any atom is -0.486 e. The SMILES string of the molecule is CCC1CNc2cc(CCN(CCOC)CCOC)ccc2O1. The average molecular weight is 322 g/mol. The monoisotopic (exact) mass is 322 g/mol. The van der Waals surface area contributed by atoms with Crippen molar-refractivity contribution in [1.29, 1.82) is 0 Å². The van der Waals surface area contributed by atoms with Crippen molar-refractivity contribution in [3.05, 3.63) is 23.8 Å². The molecule has 130 valence electrons. The van der Waals surface area contributed by atoms with Gasteiger partial charge in [-0.25, -0.2) is 0 Å². The van der Waals surface area contributed by atoms with E-state index in [4.69, 9.17) is 14.2 Å². The molecule has 1 heterocycles. The number of methoxy groups -OCH3 is 2. The standard InChI is InChI=1S/C18H30N2O3/c1-4-16-14-19-17-13-15(5-6-18(17)23-16)7-8-20(9-11-21-2)10-12-22-3/h5-6,13,16,19H,4,7-12,14H2,1-3H3. The summed E-state index contributed by atoms with van der Waals surface area (Å²) in [7, 11) is 3.49. The molecular formula is C18H30N2O3. The van der Waals surface area contributed by atoms with Crippen molar-refractivity contribution in [2.24, 2.45) is 0 Å². The summed E-state index contributed by atoms with van der Waals surface area (Å²) in [5, 5.41) is 3.48. The molecule has 5 nitrogen and oxygen atoms in total. The zero-order valence-corrected chi connectivity index (χ0v) is 14.6. The van der Waals surface area contributed by atoms with Gasteiger partial charge in [0.25, 0.3) is 0 Å². The molecule has 1 N–H and O–H groups in total. The Balaban J connectivity index is 1.89. The van der Waals surface area contributed by atoms with E-state index in [2.05, 4.69) is 35.3 Å². The predicted octanol–water partition coefficient (Wildman–Crippen LogP) is 2.41. The van der Waals surface area contributed by atoms with Gasteiger partial charge in [-0.15, -0.1) is 0 Å². The summed E-state index contributed by atoms with van der Waals surface area (Å²) in [4.78, 5) is 2.38. The van der Waals surface area contributed by atoms with Crippen LogP contribution in [-0.4, -0.2) is 64.6 Å². The van der Waals surface area contributed by atoms with E-state index < -0.39 is 0 Å². The fraction of sp³-hybridized carbons (Fsp3) is 0.667. The Morgan fingerprint density at radius 2 is 1.91 bits per heavy atom. The first-order chi connectivity index (χ1) is 11.3. The third kappa shape index (κ3) is 5.68. The van der Waals surface area contributed by atoms with Gasteiger partial charge >= 0.3 is 0 Å². The number of rotatable bonds is 10. The number of fused-ring (bicyclic) bond motifs is 1. The van der Waals surface area contributed by atoms with Gasteiger partial charge in [0, 0.05) is 33.9 Å². The summed E-state index contributed by atoms with van der Waals surface area (Å²) in [6, 6.07) is 6.48. The third-order valence-electron chi connectivity index (χ3n) is 4.25. The first kappa shape index (κ1) is 18.0. The summed E-state index contributed by atoms with van der Waals surface area (Å²) < 4.78 is 16.3. The summed E-state index contributed by atoms with van der Waals surface area (Å²) in [6.07, 6.45) is 2.33. The Labute approximate surface area is 139 Å². The van der Waals surface area contributed by atoms with E-state index in [1.807, 2.05) is 0 Å². The van der Waals surface area contributed by atoms with Crippen LogP contribution in [0.4, 0.5) is 5.69 Å². The Kier molecular flexibility index (Phi) is 7.65. The smallest absolute Gasteiger partial charge is 0.142 e. The van der Waals surface area contributed by atoms with Crippen molar-refractivity contribution in [1.82, 2.24) is 4.90 Å². The number of hydrogen-bond donors (Lipinski definition) is 1. The maximum absolute atomic E-state index is 5.96. The number of nitrogens with zero attached hydrogens (tertiary/aromatic N) is 1. The Morgan fingerprint density at radius 3 is 2.57 bits per heavy atom. The second-order valence-corrected chi connectivity index (χ2v) is 5.94. The van der Waals surface area contributed by atoms with Crippen molar-refractivity contribution in [3.8, 4) is 5.75 Å². The highest BCUT2D eigenvalue weighted by atomic mass is 16.5. The maximum atomic E-state index is 5.96. The molecule has 1 aliphatic rings. The van der Waals surface area contributed by atoms with Crippen LogP contribution in [0.25, 0.3) is 0 Å². The zero-order chi connectivity index (χ0) is 16.5. The van der Waals surface area contributed by atoms with Gasteiger partial charge in [-0.2, -0.15) is 0 Å². The lowest BCUT2D eigenvalue weighted by Gasteiger charge is -2.27. The van der Waals surface area contributed by atoms with Crippen LogP contribution in [0.15, 0.2) is 18.2 Å². The van der Waals surface area contributed by atoms with E-state index in [1.165, 1.54) is 5.56 Å². The number of hydrogen-bond acceptors (Lipinski definition) is 5. The molecular weight excluding hydrogens is 292 g/mol. The van der Waals surface area contributed by atoms with Crippen LogP contribution in [0.2, 0.25) is 0 Å². The first-order valence-corrected chi connectivity index (χ1v) is 8.50. The lowest BCUT2D eigenvalue weighted by molar-refractivity contribution is 0.115. The second-order valence-electron chi connectivity index (χ2n) is 5.94. The molecule has 1 aliphatic heterocycles. The molecule has 0 radical (unpaired) electrons. The molecule has 1 aromatic carbocycles. The first-order valence-electron chi connectivity index (χ1n) is 8.50. The molecule has 2 rings (SSSR count). The largest absolute Gasteiger partial charge is 0.486 e. The van der Waals surface area contributed by atoms with Gasteiger partial charge in [0.2, 0.25) is 0 Å².